The van der Waals surface area contributed by atoms with E-state index in [0.29, 0.717) is 5.92 Å². The zero-order valence-corrected chi connectivity index (χ0v) is 13.1. The average Bonchev–Trinajstić information content (AvgIpc) is 3.07. The molecule has 1 saturated heterocycles. The molecule has 1 fully saturated rings. The molecular formula is C15H24N2O2S. The van der Waals surface area contributed by atoms with Crippen molar-refractivity contribution < 1.29 is 9.53 Å². The van der Waals surface area contributed by atoms with Crippen molar-refractivity contribution in [2.75, 3.05) is 26.3 Å². The van der Waals surface area contributed by atoms with Gasteiger partial charge in [0.2, 0.25) is 0 Å². The van der Waals surface area contributed by atoms with Gasteiger partial charge in [0.25, 0.3) is 0 Å². The molecule has 1 N–H and O–H groups in total. The van der Waals surface area contributed by atoms with Gasteiger partial charge < -0.3 is 15.0 Å². The van der Waals surface area contributed by atoms with Crippen LogP contribution in [0.4, 0.5) is 4.79 Å². The Morgan fingerprint density at radius 2 is 2.50 bits per heavy atom. The molecule has 5 heteroatoms. The van der Waals surface area contributed by atoms with Crippen LogP contribution in [0.2, 0.25) is 0 Å². The van der Waals surface area contributed by atoms with Crippen LogP contribution in [-0.2, 0) is 11.2 Å². The molecule has 2 amide bonds. The smallest absolute Gasteiger partial charge is 0.317 e. The molecule has 2 heterocycles. The summed E-state index contributed by atoms with van der Waals surface area (Å²) in [6, 6.07) is 2.34. The molecule has 0 unspecified atom stereocenters. The highest BCUT2D eigenvalue weighted by Gasteiger charge is 2.26. The fourth-order valence-electron chi connectivity index (χ4n) is 2.55. The lowest BCUT2D eigenvalue weighted by Gasteiger charge is -2.21. The number of carbonyl (C=O) groups excluding carboxylic acids is 1. The number of hydrogen-bond donors (Lipinski definition) is 1. The fourth-order valence-corrected chi connectivity index (χ4v) is 3.23. The number of amides is 2. The molecule has 20 heavy (non-hydrogen) atoms. The molecular weight excluding hydrogens is 272 g/mol. The van der Waals surface area contributed by atoms with E-state index in [4.69, 9.17) is 4.74 Å². The summed E-state index contributed by atoms with van der Waals surface area (Å²) in [4.78, 5) is 14.1. The van der Waals surface area contributed by atoms with Gasteiger partial charge in [0.15, 0.2) is 0 Å². The summed E-state index contributed by atoms with van der Waals surface area (Å²) in [5, 5.41) is 7.30. The van der Waals surface area contributed by atoms with Crippen molar-refractivity contribution in [1.82, 2.24) is 10.2 Å². The number of carbonyl (C=O) groups is 1. The molecule has 2 atom stereocenters. The van der Waals surface area contributed by atoms with Gasteiger partial charge in [-0.25, -0.2) is 4.79 Å². The lowest BCUT2D eigenvalue weighted by atomic mass is 10.1. The molecule has 112 valence electrons. The van der Waals surface area contributed by atoms with Gasteiger partial charge in [0, 0.05) is 31.7 Å². The Morgan fingerprint density at radius 1 is 1.65 bits per heavy atom. The van der Waals surface area contributed by atoms with E-state index in [2.05, 4.69) is 29.1 Å². The van der Waals surface area contributed by atoms with Gasteiger partial charge in [0.05, 0.1) is 6.61 Å². The second-order valence-corrected chi connectivity index (χ2v) is 6.23. The molecule has 4 nitrogen and oxygen atoms in total. The molecule has 1 aliphatic heterocycles. The molecule has 0 aromatic carbocycles. The molecule has 0 saturated carbocycles. The van der Waals surface area contributed by atoms with E-state index in [1.54, 1.807) is 11.3 Å². The maximum Gasteiger partial charge on any atom is 0.317 e. The standard InChI is InChI=1S/C15H24N2O2S/c1-3-19-10-14-4-6-17(9-14)15(18)16-12(2)8-13-5-7-20-11-13/h5,7,11-12,14H,3-4,6,8-10H2,1-2H3,(H,16,18)/t12-,14+/m1/s1. The maximum atomic E-state index is 12.2. The maximum absolute atomic E-state index is 12.2. The topological polar surface area (TPSA) is 41.6 Å². The molecule has 1 aromatic heterocycles. The number of thiophene rings is 1. The lowest BCUT2D eigenvalue weighted by molar-refractivity contribution is 0.113. The van der Waals surface area contributed by atoms with Crippen LogP contribution in [0.1, 0.15) is 25.8 Å². The number of nitrogens with zero attached hydrogens (tertiary/aromatic N) is 1. The molecule has 1 aromatic rings. The quantitative estimate of drug-likeness (QED) is 0.877. The number of ether oxygens (including phenoxy) is 1. The fraction of sp³-hybridized carbons (Fsp3) is 0.667. The average molecular weight is 296 g/mol. The van der Waals surface area contributed by atoms with Crippen molar-refractivity contribution in [2.45, 2.75) is 32.7 Å². The Labute approximate surface area is 125 Å². The SMILES string of the molecule is CCOC[C@H]1CCN(C(=O)N[C@H](C)Cc2ccsc2)C1. The molecule has 2 rings (SSSR count). The summed E-state index contributed by atoms with van der Waals surface area (Å²) >= 11 is 1.70. The van der Waals surface area contributed by atoms with Crippen LogP contribution in [0.5, 0.6) is 0 Å². The van der Waals surface area contributed by atoms with Crippen LogP contribution < -0.4 is 5.32 Å². The lowest BCUT2D eigenvalue weighted by Crippen LogP contribution is -2.43. The highest BCUT2D eigenvalue weighted by molar-refractivity contribution is 7.07. The normalized spacial score (nSPS) is 20.1. The van der Waals surface area contributed by atoms with E-state index in [-0.39, 0.29) is 12.1 Å². The van der Waals surface area contributed by atoms with E-state index in [9.17, 15) is 4.79 Å². The van der Waals surface area contributed by atoms with Gasteiger partial charge in [-0.1, -0.05) is 0 Å². The largest absolute Gasteiger partial charge is 0.381 e. The predicted molar refractivity (Wildman–Crippen MR) is 82.2 cm³/mol. The number of likely N-dealkylation sites (tertiary alicyclic amines) is 1. The molecule has 0 bridgehead atoms. The van der Waals surface area contributed by atoms with E-state index in [1.165, 1.54) is 5.56 Å². The van der Waals surface area contributed by atoms with Crippen molar-refractivity contribution in [3.63, 3.8) is 0 Å². The Hall–Kier alpha value is -1.07. The third-order valence-corrected chi connectivity index (χ3v) is 4.35. The molecule has 1 aliphatic rings. The van der Waals surface area contributed by atoms with Gasteiger partial charge in [-0.3, -0.25) is 0 Å². The van der Waals surface area contributed by atoms with Crippen molar-refractivity contribution in [3.05, 3.63) is 22.4 Å². The van der Waals surface area contributed by atoms with Crippen LogP contribution in [0.15, 0.2) is 16.8 Å². The second kappa shape index (κ2) is 7.64. The van der Waals surface area contributed by atoms with Crippen molar-refractivity contribution in [3.8, 4) is 0 Å². The number of urea groups is 1. The van der Waals surface area contributed by atoms with Crippen molar-refractivity contribution in [2.24, 2.45) is 5.92 Å². The zero-order chi connectivity index (χ0) is 14.4. The summed E-state index contributed by atoms with van der Waals surface area (Å²) < 4.78 is 5.44. The third kappa shape index (κ3) is 4.49. The Morgan fingerprint density at radius 3 is 3.20 bits per heavy atom. The Kier molecular flexibility index (Phi) is 5.86. The number of nitrogens with one attached hydrogen (secondary N) is 1. The van der Waals surface area contributed by atoms with E-state index >= 15 is 0 Å². The van der Waals surface area contributed by atoms with Crippen LogP contribution in [-0.4, -0.2) is 43.3 Å². The highest BCUT2D eigenvalue weighted by Crippen LogP contribution is 2.17. The highest BCUT2D eigenvalue weighted by atomic mass is 32.1. The van der Waals surface area contributed by atoms with Crippen LogP contribution in [0, 0.1) is 5.92 Å². The van der Waals surface area contributed by atoms with Gasteiger partial charge in [-0.05, 0) is 49.1 Å². The predicted octanol–water partition coefficient (Wildman–Crippen LogP) is 2.75. The minimum Gasteiger partial charge on any atom is -0.381 e. The second-order valence-electron chi connectivity index (χ2n) is 5.45. The summed E-state index contributed by atoms with van der Waals surface area (Å²) in [5.74, 6) is 0.493. The van der Waals surface area contributed by atoms with E-state index in [1.807, 2.05) is 11.8 Å². The summed E-state index contributed by atoms with van der Waals surface area (Å²) in [7, 11) is 0. The van der Waals surface area contributed by atoms with Gasteiger partial charge in [-0.15, -0.1) is 0 Å². The first-order valence-corrected chi connectivity index (χ1v) is 8.27. The number of hydrogen-bond acceptors (Lipinski definition) is 3. The first-order valence-electron chi connectivity index (χ1n) is 7.33. The van der Waals surface area contributed by atoms with Crippen molar-refractivity contribution >= 4 is 17.4 Å². The first kappa shape index (κ1) is 15.3. The van der Waals surface area contributed by atoms with E-state index in [0.717, 1.165) is 39.1 Å². The summed E-state index contributed by atoms with van der Waals surface area (Å²) in [6.45, 7) is 7.24. The minimum atomic E-state index is 0.0618. The van der Waals surface area contributed by atoms with Gasteiger partial charge >= 0.3 is 6.03 Å². The monoisotopic (exact) mass is 296 g/mol. The number of rotatable bonds is 6. The first-order chi connectivity index (χ1) is 9.69. The minimum absolute atomic E-state index is 0.0618. The van der Waals surface area contributed by atoms with Crippen LogP contribution in [0.3, 0.4) is 0 Å². The van der Waals surface area contributed by atoms with Crippen molar-refractivity contribution in [1.29, 1.82) is 0 Å². The van der Waals surface area contributed by atoms with Crippen LogP contribution >= 0.6 is 11.3 Å². The summed E-state index contributed by atoms with van der Waals surface area (Å²) in [6.07, 6.45) is 1.94. The molecule has 0 radical (unpaired) electrons. The van der Waals surface area contributed by atoms with E-state index < -0.39 is 0 Å². The Balaban J connectivity index is 1.72. The van der Waals surface area contributed by atoms with Gasteiger partial charge in [0.1, 0.15) is 0 Å². The third-order valence-electron chi connectivity index (χ3n) is 3.62. The molecule has 0 aliphatic carbocycles. The van der Waals surface area contributed by atoms with Crippen LogP contribution in [0.25, 0.3) is 0 Å². The zero-order valence-electron chi connectivity index (χ0n) is 12.3. The molecule has 0 spiro atoms. The summed E-state index contributed by atoms with van der Waals surface area (Å²) in [5.41, 5.74) is 1.29. The van der Waals surface area contributed by atoms with Gasteiger partial charge in [-0.2, -0.15) is 11.3 Å². The Bertz CT molecular complexity index is 408.